The highest BCUT2D eigenvalue weighted by Crippen LogP contribution is 2.30. The zero-order valence-electron chi connectivity index (χ0n) is 21.3. The monoisotopic (exact) mass is 544 g/mol. The van der Waals surface area contributed by atoms with Gasteiger partial charge in [-0.3, -0.25) is 9.78 Å². The molecular weight excluding hydrogens is 518 g/mol. The van der Waals surface area contributed by atoms with Crippen molar-refractivity contribution in [3.8, 4) is 11.3 Å². The van der Waals surface area contributed by atoms with Gasteiger partial charge in [0, 0.05) is 25.2 Å². The molecule has 2 aromatic heterocycles. The number of halogens is 2. The number of nitrogens with one attached hydrogen (secondary N) is 1. The van der Waals surface area contributed by atoms with E-state index in [4.69, 9.17) is 16.2 Å². The summed E-state index contributed by atoms with van der Waals surface area (Å²) in [6.45, 7) is 0.774. The zero-order chi connectivity index (χ0) is 28.2. The molecule has 0 bridgehead atoms. The van der Waals surface area contributed by atoms with Crippen molar-refractivity contribution in [2.45, 2.75) is 18.6 Å². The molecule has 2 unspecified atom stereocenters. The third-order valence-corrected chi connectivity index (χ3v) is 6.48. The molecule has 11 heteroatoms. The van der Waals surface area contributed by atoms with Crippen LogP contribution in [0.2, 0.25) is 0 Å². The van der Waals surface area contributed by atoms with Gasteiger partial charge in [-0.25, -0.2) is 18.6 Å². The van der Waals surface area contributed by atoms with Crippen LogP contribution < -0.4 is 21.7 Å². The fraction of sp³-hybridized carbons (Fsp3) is 0.172. The van der Waals surface area contributed by atoms with E-state index in [1.54, 1.807) is 36.5 Å². The number of benzene rings is 2. The molecule has 3 heterocycles. The third kappa shape index (κ3) is 5.74. The van der Waals surface area contributed by atoms with Crippen LogP contribution >= 0.6 is 0 Å². The summed E-state index contributed by atoms with van der Waals surface area (Å²) in [5.41, 5.74) is 13.0. The maximum atomic E-state index is 14.3. The Hall–Kier alpha value is -4.90. The highest BCUT2D eigenvalue weighted by atomic mass is 19.1. The summed E-state index contributed by atoms with van der Waals surface area (Å²) in [5.74, 6) is -2.78. The van der Waals surface area contributed by atoms with Crippen molar-refractivity contribution in [2.24, 2.45) is 5.73 Å². The quantitative estimate of drug-likeness (QED) is 0.310. The predicted molar refractivity (Wildman–Crippen MR) is 147 cm³/mol. The average molecular weight is 545 g/mol. The first-order chi connectivity index (χ1) is 19.3. The van der Waals surface area contributed by atoms with Crippen LogP contribution in [0.4, 0.5) is 25.8 Å². The summed E-state index contributed by atoms with van der Waals surface area (Å²) in [6, 6.07) is 16.2. The summed E-state index contributed by atoms with van der Waals surface area (Å²) < 4.78 is 34.4. The SMILES string of the molecule is Nc1ccc(-c2c(F)cccc2F)nc1C(=O)Nc1cnccc1N1CC(N)CC(OC(=O)c2ccccc2)C1. The van der Waals surface area contributed by atoms with Gasteiger partial charge in [-0.15, -0.1) is 0 Å². The van der Waals surface area contributed by atoms with E-state index < -0.39 is 29.6 Å². The van der Waals surface area contributed by atoms with E-state index in [1.165, 1.54) is 24.4 Å². The number of ether oxygens (including phenoxy) is 1. The first kappa shape index (κ1) is 26.7. The molecule has 1 aliphatic rings. The molecule has 0 spiro atoms. The van der Waals surface area contributed by atoms with Crippen LogP contribution in [0.15, 0.2) is 79.1 Å². The van der Waals surface area contributed by atoms with Crippen LogP contribution in [0.1, 0.15) is 27.3 Å². The van der Waals surface area contributed by atoms with Gasteiger partial charge < -0.3 is 26.4 Å². The van der Waals surface area contributed by atoms with Crippen molar-refractivity contribution < 1.29 is 23.1 Å². The van der Waals surface area contributed by atoms with Crippen LogP contribution in [0.3, 0.4) is 0 Å². The van der Waals surface area contributed by atoms with Gasteiger partial charge >= 0.3 is 5.97 Å². The van der Waals surface area contributed by atoms with Crippen molar-refractivity contribution in [1.82, 2.24) is 9.97 Å². The number of hydrogen-bond acceptors (Lipinski definition) is 8. The first-order valence-corrected chi connectivity index (χ1v) is 12.5. The molecular formula is C29H26F2N6O3. The molecule has 4 aromatic rings. The average Bonchev–Trinajstić information content (AvgIpc) is 2.94. The number of hydrogen-bond donors (Lipinski definition) is 3. The lowest BCUT2D eigenvalue weighted by atomic mass is 10.0. The number of pyridine rings is 2. The Morgan fingerprint density at radius 1 is 0.975 bits per heavy atom. The number of amides is 1. The smallest absolute Gasteiger partial charge is 0.338 e. The number of rotatable bonds is 6. The Labute approximate surface area is 228 Å². The maximum Gasteiger partial charge on any atom is 0.338 e. The number of esters is 1. The Morgan fingerprint density at radius 2 is 1.73 bits per heavy atom. The van der Waals surface area contributed by atoms with E-state index in [-0.39, 0.29) is 28.7 Å². The molecule has 5 N–H and O–H groups in total. The number of piperidine rings is 1. The largest absolute Gasteiger partial charge is 0.457 e. The molecule has 40 heavy (non-hydrogen) atoms. The lowest BCUT2D eigenvalue weighted by Crippen LogP contribution is -2.50. The fourth-order valence-electron chi connectivity index (χ4n) is 4.64. The number of carbonyl (C=O) groups excluding carboxylic acids is 2. The summed E-state index contributed by atoms with van der Waals surface area (Å²) in [4.78, 5) is 36.1. The number of nitrogens with zero attached hydrogens (tertiary/aromatic N) is 3. The standard InChI is InChI=1S/C29H26F2N6O3/c30-20-7-4-8-21(31)26(20)23-10-9-22(33)27(35-23)28(38)36-24-14-34-12-11-25(24)37-15-18(32)13-19(16-37)40-29(39)17-5-2-1-3-6-17/h1-12,14,18-19H,13,15-16,32-33H2,(H,36,38). The Bertz CT molecular complexity index is 1530. The Kier molecular flexibility index (Phi) is 7.65. The molecule has 1 amide bonds. The molecule has 9 nitrogen and oxygen atoms in total. The van der Waals surface area contributed by atoms with E-state index in [2.05, 4.69) is 15.3 Å². The summed E-state index contributed by atoms with van der Waals surface area (Å²) in [6.07, 6.45) is 3.00. The lowest BCUT2D eigenvalue weighted by molar-refractivity contribution is 0.0255. The minimum absolute atomic E-state index is 0.0244. The molecule has 204 valence electrons. The van der Waals surface area contributed by atoms with E-state index >= 15 is 0 Å². The van der Waals surface area contributed by atoms with Crippen molar-refractivity contribution in [2.75, 3.05) is 29.0 Å². The van der Waals surface area contributed by atoms with Crippen molar-refractivity contribution in [3.05, 3.63) is 102 Å². The molecule has 0 saturated carbocycles. The summed E-state index contributed by atoms with van der Waals surface area (Å²) >= 11 is 0. The van der Waals surface area contributed by atoms with Gasteiger partial charge in [0.1, 0.15) is 17.7 Å². The highest BCUT2D eigenvalue weighted by Gasteiger charge is 2.30. The fourth-order valence-corrected chi connectivity index (χ4v) is 4.64. The topological polar surface area (TPSA) is 136 Å². The van der Waals surface area contributed by atoms with E-state index in [1.807, 2.05) is 11.0 Å². The van der Waals surface area contributed by atoms with Crippen LogP contribution in [0.25, 0.3) is 11.3 Å². The van der Waals surface area contributed by atoms with Gasteiger partial charge in [0.25, 0.3) is 5.91 Å². The van der Waals surface area contributed by atoms with Gasteiger partial charge in [-0.05, 0) is 42.5 Å². The molecule has 2 atom stereocenters. The summed E-state index contributed by atoms with van der Waals surface area (Å²) in [7, 11) is 0. The second-order valence-corrected chi connectivity index (χ2v) is 9.37. The van der Waals surface area contributed by atoms with Crippen LogP contribution in [-0.2, 0) is 4.74 Å². The predicted octanol–water partition coefficient (Wildman–Crippen LogP) is 4.02. The molecule has 0 radical (unpaired) electrons. The zero-order valence-corrected chi connectivity index (χ0v) is 21.3. The summed E-state index contributed by atoms with van der Waals surface area (Å²) in [5, 5.41) is 2.75. The van der Waals surface area contributed by atoms with Gasteiger partial charge in [0.05, 0.1) is 46.6 Å². The van der Waals surface area contributed by atoms with Gasteiger partial charge in [-0.2, -0.15) is 0 Å². The van der Waals surface area contributed by atoms with Gasteiger partial charge in [0.2, 0.25) is 0 Å². The molecule has 1 aliphatic heterocycles. The number of anilines is 3. The second-order valence-electron chi connectivity index (χ2n) is 9.37. The van der Waals surface area contributed by atoms with Crippen molar-refractivity contribution >= 4 is 28.9 Å². The first-order valence-electron chi connectivity index (χ1n) is 12.5. The number of nitrogen functional groups attached to an aromatic ring is 1. The van der Waals surface area contributed by atoms with Crippen molar-refractivity contribution in [3.63, 3.8) is 0 Å². The minimum Gasteiger partial charge on any atom is -0.457 e. The number of aromatic nitrogens is 2. The number of carbonyl (C=O) groups is 2. The molecule has 1 fully saturated rings. The van der Waals surface area contributed by atoms with Crippen LogP contribution in [0.5, 0.6) is 0 Å². The molecule has 5 rings (SSSR count). The third-order valence-electron chi connectivity index (χ3n) is 6.48. The second kappa shape index (κ2) is 11.5. The van der Waals surface area contributed by atoms with Crippen molar-refractivity contribution in [1.29, 1.82) is 0 Å². The Balaban J connectivity index is 1.37. The van der Waals surface area contributed by atoms with E-state index in [9.17, 15) is 18.4 Å². The van der Waals surface area contributed by atoms with E-state index in [0.29, 0.717) is 36.4 Å². The normalized spacial score (nSPS) is 16.8. The minimum atomic E-state index is -0.817. The Morgan fingerprint density at radius 3 is 2.48 bits per heavy atom. The lowest BCUT2D eigenvalue weighted by Gasteiger charge is -2.38. The van der Waals surface area contributed by atoms with Crippen LogP contribution in [0, 0.1) is 11.6 Å². The number of nitrogens with two attached hydrogens (primary N) is 2. The maximum absolute atomic E-state index is 14.3. The van der Waals surface area contributed by atoms with Crippen LogP contribution in [-0.4, -0.2) is 47.1 Å². The molecule has 2 aromatic carbocycles. The molecule has 1 saturated heterocycles. The van der Waals surface area contributed by atoms with Gasteiger partial charge in [-0.1, -0.05) is 24.3 Å². The van der Waals surface area contributed by atoms with Gasteiger partial charge in [0.15, 0.2) is 5.69 Å². The highest BCUT2D eigenvalue weighted by molar-refractivity contribution is 6.08. The molecule has 0 aliphatic carbocycles. The van der Waals surface area contributed by atoms with E-state index in [0.717, 1.165) is 12.1 Å².